The van der Waals surface area contributed by atoms with Gasteiger partial charge in [0.05, 0.1) is 12.0 Å². The normalized spacial score (nSPS) is 22.7. The van der Waals surface area contributed by atoms with Crippen LogP contribution in [0.5, 0.6) is 5.75 Å². The van der Waals surface area contributed by atoms with Gasteiger partial charge in [-0.15, -0.1) is 0 Å². The fraction of sp³-hybridized carbons (Fsp3) is 0.500. The molecule has 1 fully saturated rings. The minimum Gasteiger partial charge on any atom is -0.486 e. The second-order valence-electron chi connectivity index (χ2n) is 5.33. The Balaban J connectivity index is 1.92. The molecule has 0 radical (unpaired) electrons. The number of likely N-dealkylation sites (tertiary alicyclic amines) is 1. The van der Waals surface area contributed by atoms with Crippen molar-refractivity contribution in [2.24, 2.45) is 0 Å². The predicted octanol–water partition coefficient (Wildman–Crippen LogP) is 2.77. The molecule has 3 rings (SSSR count). The molecule has 1 aromatic carbocycles. The van der Waals surface area contributed by atoms with Gasteiger partial charge in [0.1, 0.15) is 11.4 Å². The van der Waals surface area contributed by atoms with Gasteiger partial charge in [-0.2, -0.15) is 0 Å². The Labute approximate surface area is 112 Å². The average Bonchev–Trinajstić information content (AvgIpc) is 2.35. The van der Waals surface area contributed by atoms with Crippen LogP contribution < -0.4 is 4.74 Å². The molecule has 0 bridgehead atoms. The fourth-order valence-electron chi connectivity index (χ4n) is 2.77. The van der Waals surface area contributed by atoms with Crippen LogP contribution in [0.25, 0.3) is 0 Å². The number of nitrogens with zero attached hydrogens (tertiary/aromatic N) is 1. The van der Waals surface area contributed by atoms with E-state index in [1.54, 1.807) is 12.1 Å². The van der Waals surface area contributed by atoms with Gasteiger partial charge in [-0.05, 0) is 25.2 Å². The summed E-state index contributed by atoms with van der Waals surface area (Å²) in [6.45, 7) is 1.96. The molecule has 2 heterocycles. The fourth-order valence-corrected chi connectivity index (χ4v) is 2.94. The zero-order valence-corrected chi connectivity index (χ0v) is 11.2. The van der Waals surface area contributed by atoms with Crippen molar-refractivity contribution in [1.29, 1.82) is 0 Å². The van der Waals surface area contributed by atoms with E-state index in [2.05, 4.69) is 11.9 Å². The molecule has 96 valence electrons. The predicted molar refractivity (Wildman–Crippen MR) is 70.5 cm³/mol. The maximum absolute atomic E-state index is 12.2. The summed E-state index contributed by atoms with van der Waals surface area (Å²) >= 11 is 5.92. The third-order valence-electron chi connectivity index (χ3n) is 3.95. The molecule has 0 saturated carbocycles. The lowest BCUT2D eigenvalue weighted by atomic mass is 9.82. The van der Waals surface area contributed by atoms with E-state index in [0.29, 0.717) is 22.8 Å². The molecule has 0 unspecified atom stereocenters. The molecule has 3 nitrogen and oxygen atoms in total. The summed E-state index contributed by atoms with van der Waals surface area (Å²) < 4.78 is 6.13. The minimum absolute atomic E-state index is 0.156. The third kappa shape index (κ3) is 2.02. The zero-order valence-electron chi connectivity index (χ0n) is 10.4. The van der Waals surface area contributed by atoms with Crippen LogP contribution in [0.2, 0.25) is 5.02 Å². The largest absolute Gasteiger partial charge is 0.486 e. The van der Waals surface area contributed by atoms with E-state index in [1.165, 1.54) is 0 Å². The molecular formula is C14H16ClNO2. The number of piperidine rings is 1. The van der Waals surface area contributed by atoms with Crippen molar-refractivity contribution in [3.05, 3.63) is 28.8 Å². The first-order valence-electron chi connectivity index (χ1n) is 6.28. The quantitative estimate of drug-likeness (QED) is 0.722. The standard InChI is InChI=1S/C14H16ClNO2/c1-16-6-4-14(5-7-16)9-12(17)11-8-10(15)2-3-13(11)18-14/h2-3,8H,4-7,9H2,1H3. The Hall–Kier alpha value is -1.06. The molecule has 4 heteroatoms. The van der Waals surface area contributed by atoms with Crippen molar-refractivity contribution in [3.63, 3.8) is 0 Å². The Bertz CT molecular complexity index is 493. The molecule has 0 amide bonds. The molecular weight excluding hydrogens is 250 g/mol. The van der Waals surface area contributed by atoms with E-state index in [0.717, 1.165) is 25.9 Å². The van der Waals surface area contributed by atoms with Crippen molar-refractivity contribution in [1.82, 2.24) is 4.90 Å². The van der Waals surface area contributed by atoms with Gasteiger partial charge in [0.2, 0.25) is 0 Å². The van der Waals surface area contributed by atoms with Gasteiger partial charge in [-0.25, -0.2) is 0 Å². The van der Waals surface area contributed by atoms with Gasteiger partial charge < -0.3 is 9.64 Å². The minimum atomic E-state index is -0.287. The van der Waals surface area contributed by atoms with Crippen LogP contribution in [0.4, 0.5) is 0 Å². The molecule has 1 aromatic rings. The molecule has 0 atom stereocenters. The average molecular weight is 266 g/mol. The van der Waals surface area contributed by atoms with Gasteiger partial charge in [0.15, 0.2) is 5.78 Å². The van der Waals surface area contributed by atoms with E-state index in [9.17, 15) is 4.79 Å². The number of ketones is 1. The van der Waals surface area contributed by atoms with Crippen LogP contribution in [0.3, 0.4) is 0 Å². The first-order chi connectivity index (χ1) is 8.58. The SMILES string of the molecule is CN1CCC2(CC1)CC(=O)c1cc(Cl)ccc1O2. The molecule has 1 spiro atoms. The van der Waals surface area contributed by atoms with E-state index < -0.39 is 0 Å². The lowest BCUT2D eigenvalue weighted by molar-refractivity contribution is -0.00367. The summed E-state index contributed by atoms with van der Waals surface area (Å²) in [4.78, 5) is 14.5. The van der Waals surface area contributed by atoms with E-state index >= 15 is 0 Å². The molecule has 18 heavy (non-hydrogen) atoms. The first-order valence-corrected chi connectivity index (χ1v) is 6.66. The van der Waals surface area contributed by atoms with Crippen molar-refractivity contribution in [2.45, 2.75) is 24.9 Å². The van der Waals surface area contributed by atoms with Crippen LogP contribution in [0.1, 0.15) is 29.6 Å². The summed E-state index contributed by atoms with van der Waals surface area (Å²) in [5, 5.41) is 0.588. The highest BCUT2D eigenvalue weighted by atomic mass is 35.5. The number of ether oxygens (including phenoxy) is 1. The van der Waals surface area contributed by atoms with E-state index in [-0.39, 0.29) is 11.4 Å². The highest BCUT2D eigenvalue weighted by Crippen LogP contribution is 2.39. The molecule has 0 aromatic heterocycles. The van der Waals surface area contributed by atoms with Crippen molar-refractivity contribution in [2.75, 3.05) is 20.1 Å². The number of hydrogen-bond donors (Lipinski definition) is 0. The molecule has 2 aliphatic rings. The third-order valence-corrected chi connectivity index (χ3v) is 4.18. The highest BCUT2D eigenvalue weighted by molar-refractivity contribution is 6.31. The van der Waals surface area contributed by atoms with Crippen LogP contribution in [0, 0.1) is 0 Å². The number of Topliss-reactive ketones (excluding diaryl/α,β-unsaturated/α-hetero) is 1. The lowest BCUT2D eigenvalue weighted by Crippen LogP contribution is -2.50. The smallest absolute Gasteiger partial charge is 0.170 e. The number of rotatable bonds is 0. The van der Waals surface area contributed by atoms with Crippen molar-refractivity contribution < 1.29 is 9.53 Å². The maximum atomic E-state index is 12.2. The number of carbonyl (C=O) groups is 1. The van der Waals surface area contributed by atoms with Gasteiger partial charge in [-0.1, -0.05) is 11.6 Å². The first kappa shape index (κ1) is 12.0. The Morgan fingerprint density at radius 1 is 1.33 bits per heavy atom. The number of fused-ring (bicyclic) bond motifs is 1. The summed E-state index contributed by atoms with van der Waals surface area (Å²) in [7, 11) is 2.10. The number of benzene rings is 1. The van der Waals surface area contributed by atoms with Crippen molar-refractivity contribution in [3.8, 4) is 5.75 Å². The highest BCUT2D eigenvalue weighted by Gasteiger charge is 2.42. The Morgan fingerprint density at radius 3 is 2.78 bits per heavy atom. The zero-order chi connectivity index (χ0) is 12.8. The molecule has 0 aliphatic carbocycles. The Morgan fingerprint density at radius 2 is 2.06 bits per heavy atom. The maximum Gasteiger partial charge on any atom is 0.170 e. The summed E-state index contributed by atoms with van der Waals surface area (Å²) in [5.74, 6) is 0.850. The van der Waals surface area contributed by atoms with Crippen LogP contribution in [-0.2, 0) is 0 Å². The second-order valence-corrected chi connectivity index (χ2v) is 5.77. The number of halogens is 1. The van der Waals surface area contributed by atoms with Crippen LogP contribution in [-0.4, -0.2) is 36.4 Å². The van der Waals surface area contributed by atoms with Crippen molar-refractivity contribution >= 4 is 17.4 Å². The molecule has 1 saturated heterocycles. The van der Waals surface area contributed by atoms with Gasteiger partial charge in [0.25, 0.3) is 0 Å². The van der Waals surface area contributed by atoms with Crippen LogP contribution in [0.15, 0.2) is 18.2 Å². The second kappa shape index (κ2) is 4.25. The Kier molecular flexibility index (Phi) is 2.83. The summed E-state index contributed by atoms with van der Waals surface area (Å²) in [5.41, 5.74) is 0.344. The monoisotopic (exact) mass is 265 g/mol. The van der Waals surface area contributed by atoms with Gasteiger partial charge in [0, 0.05) is 31.0 Å². The van der Waals surface area contributed by atoms with Gasteiger partial charge in [-0.3, -0.25) is 4.79 Å². The topological polar surface area (TPSA) is 29.5 Å². The van der Waals surface area contributed by atoms with E-state index in [4.69, 9.17) is 16.3 Å². The van der Waals surface area contributed by atoms with Gasteiger partial charge >= 0.3 is 0 Å². The molecule has 0 N–H and O–H groups in total. The lowest BCUT2D eigenvalue weighted by Gasteiger charge is -2.43. The number of hydrogen-bond acceptors (Lipinski definition) is 3. The summed E-state index contributed by atoms with van der Waals surface area (Å²) in [6.07, 6.45) is 2.31. The van der Waals surface area contributed by atoms with E-state index in [1.807, 2.05) is 6.07 Å². The van der Waals surface area contributed by atoms with Crippen LogP contribution >= 0.6 is 11.6 Å². The summed E-state index contributed by atoms with van der Waals surface area (Å²) in [6, 6.07) is 5.30. The number of carbonyl (C=O) groups excluding carboxylic acids is 1. The molecule has 2 aliphatic heterocycles.